The van der Waals surface area contributed by atoms with Gasteiger partial charge in [-0.1, -0.05) is 12.1 Å². The molecule has 60 valence electrons. The smallest absolute Gasteiger partial charge is 0.296 e. The van der Waals surface area contributed by atoms with Crippen molar-refractivity contribution in [3.05, 3.63) is 34.6 Å². The predicted octanol–water partition coefficient (Wildman–Crippen LogP) is -0.495. The molecule has 0 aliphatic rings. The molecule has 0 bridgehead atoms. The van der Waals surface area contributed by atoms with E-state index < -0.39 is 0 Å². The SMILES string of the molecule is Nn1nnc2ccccc2c1=O. The first kappa shape index (κ1) is 6.78. The van der Waals surface area contributed by atoms with Crippen LogP contribution in [0.25, 0.3) is 10.9 Å². The average Bonchev–Trinajstić information content (AvgIpc) is 2.12. The van der Waals surface area contributed by atoms with Gasteiger partial charge in [0.25, 0.3) is 5.56 Å². The number of rotatable bonds is 0. The van der Waals surface area contributed by atoms with Crippen LogP contribution in [0.4, 0.5) is 0 Å². The Balaban J connectivity index is 3.01. The molecule has 0 spiro atoms. The Hall–Kier alpha value is -1.91. The van der Waals surface area contributed by atoms with Crippen molar-refractivity contribution >= 4 is 10.9 Å². The van der Waals surface area contributed by atoms with Crippen LogP contribution in [0.2, 0.25) is 0 Å². The summed E-state index contributed by atoms with van der Waals surface area (Å²) in [4.78, 5) is 12.0. The molecule has 0 saturated carbocycles. The van der Waals surface area contributed by atoms with Crippen molar-refractivity contribution in [2.45, 2.75) is 0 Å². The van der Waals surface area contributed by atoms with Gasteiger partial charge in [-0.2, -0.15) is 0 Å². The Bertz CT molecular complexity index is 476. The van der Waals surface area contributed by atoms with E-state index in [1.165, 1.54) is 0 Å². The third-order valence-electron chi connectivity index (χ3n) is 1.59. The maximum Gasteiger partial charge on any atom is 0.296 e. The first-order valence-electron chi connectivity index (χ1n) is 3.39. The summed E-state index contributed by atoms with van der Waals surface area (Å²) in [5.74, 6) is 5.22. The molecule has 0 fully saturated rings. The predicted molar refractivity (Wildman–Crippen MR) is 43.9 cm³/mol. The van der Waals surface area contributed by atoms with Gasteiger partial charge in [-0.25, -0.2) is 0 Å². The molecule has 0 atom stereocenters. The third kappa shape index (κ3) is 0.833. The lowest BCUT2D eigenvalue weighted by molar-refractivity contribution is 0.702. The first-order chi connectivity index (χ1) is 5.79. The minimum absolute atomic E-state index is 0.333. The number of benzene rings is 1. The monoisotopic (exact) mass is 162 g/mol. The highest BCUT2D eigenvalue weighted by Crippen LogP contribution is 2.01. The van der Waals surface area contributed by atoms with Gasteiger partial charge in [0.15, 0.2) is 0 Å². The number of nitrogens with zero attached hydrogens (tertiary/aromatic N) is 3. The van der Waals surface area contributed by atoms with Crippen molar-refractivity contribution in [1.82, 2.24) is 15.1 Å². The van der Waals surface area contributed by atoms with Gasteiger partial charge in [-0.05, 0) is 17.3 Å². The van der Waals surface area contributed by atoms with E-state index in [-0.39, 0.29) is 5.56 Å². The highest BCUT2D eigenvalue weighted by molar-refractivity contribution is 5.76. The average molecular weight is 162 g/mol. The highest BCUT2D eigenvalue weighted by atomic mass is 16.1. The Kier molecular flexibility index (Phi) is 1.30. The van der Waals surface area contributed by atoms with Crippen molar-refractivity contribution in [1.29, 1.82) is 0 Å². The molecule has 2 aromatic rings. The van der Waals surface area contributed by atoms with E-state index >= 15 is 0 Å². The van der Waals surface area contributed by atoms with E-state index in [9.17, 15) is 4.79 Å². The first-order valence-corrected chi connectivity index (χ1v) is 3.39. The maximum atomic E-state index is 11.3. The Morgan fingerprint density at radius 1 is 1.33 bits per heavy atom. The lowest BCUT2D eigenvalue weighted by Crippen LogP contribution is -2.30. The summed E-state index contributed by atoms with van der Waals surface area (Å²) in [6.07, 6.45) is 0. The van der Waals surface area contributed by atoms with E-state index in [2.05, 4.69) is 10.3 Å². The van der Waals surface area contributed by atoms with Crippen LogP contribution < -0.4 is 11.4 Å². The number of nitrogens with two attached hydrogens (primary N) is 1. The van der Waals surface area contributed by atoms with Gasteiger partial charge in [0.2, 0.25) is 0 Å². The second-order valence-corrected chi connectivity index (χ2v) is 2.36. The lowest BCUT2D eigenvalue weighted by atomic mass is 10.2. The van der Waals surface area contributed by atoms with Gasteiger partial charge in [-0.15, -0.1) is 9.89 Å². The fraction of sp³-hybridized carbons (Fsp3) is 0. The Morgan fingerprint density at radius 2 is 2.08 bits per heavy atom. The van der Waals surface area contributed by atoms with Crippen LogP contribution in [-0.4, -0.2) is 15.1 Å². The lowest BCUT2D eigenvalue weighted by Gasteiger charge is -1.95. The van der Waals surface area contributed by atoms with E-state index in [1.807, 2.05) is 0 Å². The third-order valence-corrected chi connectivity index (χ3v) is 1.59. The van der Waals surface area contributed by atoms with E-state index in [1.54, 1.807) is 24.3 Å². The van der Waals surface area contributed by atoms with Crippen molar-refractivity contribution in [2.24, 2.45) is 0 Å². The summed E-state index contributed by atoms with van der Waals surface area (Å²) in [6, 6.07) is 6.92. The number of hydrogen-bond donors (Lipinski definition) is 1. The van der Waals surface area contributed by atoms with Crippen LogP contribution in [0.1, 0.15) is 0 Å². The molecule has 2 rings (SSSR count). The largest absolute Gasteiger partial charge is 0.318 e. The summed E-state index contributed by atoms with van der Waals surface area (Å²) in [7, 11) is 0. The number of hydrogen-bond acceptors (Lipinski definition) is 4. The molecule has 1 aromatic carbocycles. The van der Waals surface area contributed by atoms with Crippen molar-refractivity contribution in [3.8, 4) is 0 Å². The fourth-order valence-electron chi connectivity index (χ4n) is 1.00. The Labute approximate surface area is 67.4 Å². The van der Waals surface area contributed by atoms with Crippen LogP contribution in [0.15, 0.2) is 29.1 Å². The maximum absolute atomic E-state index is 11.3. The minimum atomic E-state index is -0.333. The van der Waals surface area contributed by atoms with E-state index in [0.29, 0.717) is 10.9 Å². The molecule has 0 saturated heterocycles. The molecule has 2 N–H and O–H groups in total. The van der Waals surface area contributed by atoms with Crippen LogP contribution in [-0.2, 0) is 0 Å². The normalized spacial score (nSPS) is 10.3. The van der Waals surface area contributed by atoms with Crippen LogP contribution >= 0.6 is 0 Å². The van der Waals surface area contributed by atoms with Gasteiger partial charge in [0, 0.05) is 0 Å². The van der Waals surface area contributed by atoms with Gasteiger partial charge in [0.1, 0.15) is 5.52 Å². The van der Waals surface area contributed by atoms with E-state index in [0.717, 1.165) is 4.79 Å². The van der Waals surface area contributed by atoms with Gasteiger partial charge < -0.3 is 5.84 Å². The molecular formula is C7H6N4O. The molecular weight excluding hydrogens is 156 g/mol. The topological polar surface area (TPSA) is 73.8 Å². The molecule has 0 amide bonds. The number of aromatic nitrogens is 3. The fourth-order valence-corrected chi connectivity index (χ4v) is 1.00. The summed E-state index contributed by atoms with van der Waals surface area (Å²) >= 11 is 0. The molecule has 5 nitrogen and oxygen atoms in total. The summed E-state index contributed by atoms with van der Waals surface area (Å²) < 4.78 is 0. The molecule has 0 aliphatic heterocycles. The minimum Gasteiger partial charge on any atom is -0.318 e. The van der Waals surface area contributed by atoms with Crippen molar-refractivity contribution in [3.63, 3.8) is 0 Å². The summed E-state index contributed by atoms with van der Waals surface area (Å²) in [5.41, 5.74) is 0.227. The quantitative estimate of drug-likeness (QED) is 0.530. The zero-order valence-corrected chi connectivity index (χ0v) is 6.14. The van der Waals surface area contributed by atoms with E-state index in [4.69, 9.17) is 5.84 Å². The van der Waals surface area contributed by atoms with Crippen LogP contribution in [0.3, 0.4) is 0 Å². The standard InChI is InChI=1S/C7H6N4O/c8-11-7(12)5-3-1-2-4-6(5)9-10-11/h1-4H,8H2. The molecule has 5 heteroatoms. The van der Waals surface area contributed by atoms with Gasteiger partial charge in [-0.3, -0.25) is 4.79 Å². The molecule has 0 aliphatic carbocycles. The van der Waals surface area contributed by atoms with Gasteiger partial charge >= 0.3 is 0 Å². The zero-order chi connectivity index (χ0) is 8.55. The summed E-state index contributed by atoms with van der Waals surface area (Å²) in [6.45, 7) is 0. The second kappa shape index (κ2) is 2.30. The molecule has 0 unspecified atom stereocenters. The summed E-state index contributed by atoms with van der Waals surface area (Å²) in [5, 5.41) is 7.65. The zero-order valence-electron chi connectivity index (χ0n) is 6.14. The molecule has 1 aromatic heterocycles. The molecule has 1 heterocycles. The van der Waals surface area contributed by atoms with Crippen LogP contribution in [0, 0.1) is 0 Å². The number of fused-ring (bicyclic) bond motifs is 1. The van der Waals surface area contributed by atoms with Crippen LogP contribution in [0.5, 0.6) is 0 Å². The van der Waals surface area contributed by atoms with Crippen molar-refractivity contribution in [2.75, 3.05) is 5.84 Å². The highest BCUT2D eigenvalue weighted by Gasteiger charge is 2.00. The second-order valence-electron chi connectivity index (χ2n) is 2.36. The Morgan fingerprint density at radius 3 is 2.92 bits per heavy atom. The molecule has 12 heavy (non-hydrogen) atoms. The number of nitrogen functional groups attached to an aromatic ring is 1. The molecule has 0 radical (unpaired) electrons. The van der Waals surface area contributed by atoms with Crippen molar-refractivity contribution < 1.29 is 0 Å². The van der Waals surface area contributed by atoms with Gasteiger partial charge in [0.05, 0.1) is 5.39 Å².